The third-order valence-corrected chi connectivity index (χ3v) is 6.18. The summed E-state index contributed by atoms with van der Waals surface area (Å²) >= 11 is 0. The zero-order valence-corrected chi connectivity index (χ0v) is 17.7. The van der Waals surface area contributed by atoms with Crippen LogP contribution in [-0.2, 0) is 27.3 Å². The Hall–Kier alpha value is -3.15. The van der Waals surface area contributed by atoms with Gasteiger partial charge >= 0.3 is 0 Å². The molecule has 3 amide bonds. The average Bonchev–Trinajstić information content (AvgIpc) is 3.31. The van der Waals surface area contributed by atoms with E-state index in [0.29, 0.717) is 19.6 Å². The summed E-state index contributed by atoms with van der Waals surface area (Å²) in [6.07, 6.45) is 1.00. The number of fused-ring (bicyclic) bond motifs is 1. The van der Waals surface area contributed by atoms with Crippen molar-refractivity contribution in [2.45, 2.75) is 40.2 Å². The van der Waals surface area contributed by atoms with Crippen molar-refractivity contribution in [2.24, 2.45) is 5.92 Å². The summed E-state index contributed by atoms with van der Waals surface area (Å²) in [5.41, 5.74) is 6.26. The molecule has 4 rings (SSSR count). The second-order valence-corrected chi connectivity index (χ2v) is 8.28. The van der Waals surface area contributed by atoms with Gasteiger partial charge in [0.2, 0.25) is 17.7 Å². The molecule has 0 aromatic heterocycles. The van der Waals surface area contributed by atoms with E-state index in [-0.39, 0.29) is 30.1 Å². The quantitative estimate of drug-likeness (QED) is 0.850. The molecule has 1 fully saturated rings. The fourth-order valence-electron chi connectivity index (χ4n) is 4.26. The van der Waals surface area contributed by atoms with Crippen molar-refractivity contribution < 1.29 is 14.4 Å². The molecule has 2 heterocycles. The molecule has 0 spiro atoms. The first-order chi connectivity index (χ1) is 14.3. The first-order valence-corrected chi connectivity index (χ1v) is 10.4. The minimum Gasteiger partial charge on any atom is -0.352 e. The summed E-state index contributed by atoms with van der Waals surface area (Å²) < 4.78 is 0. The molecule has 1 saturated heterocycles. The largest absolute Gasteiger partial charge is 0.352 e. The molecule has 1 atom stereocenters. The molecular weight excluding hydrogens is 378 g/mol. The van der Waals surface area contributed by atoms with Crippen LogP contribution in [0, 0.1) is 19.8 Å². The lowest BCUT2D eigenvalue weighted by Gasteiger charge is -2.19. The standard InChI is InChI=1S/C24H27N3O3/c1-15-4-5-18(10-16(15)2)13-25-24(30)20-12-23(29)27(14-20)21-6-7-22-19(11-21)8-9-26(22)17(3)28/h4-7,10-11,20H,8-9,12-14H2,1-3H3,(H,25,30). The minimum atomic E-state index is -0.356. The summed E-state index contributed by atoms with van der Waals surface area (Å²) in [4.78, 5) is 40.4. The Balaban J connectivity index is 1.41. The van der Waals surface area contributed by atoms with Gasteiger partial charge in [0.05, 0.1) is 5.92 Å². The fraction of sp³-hybridized carbons (Fsp3) is 0.375. The molecule has 6 heteroatoms. The molecule has 1 N–H and O–H groups in total. The number of carbonyl (C=O) groups is 3. The van der Waals surface area contributed by atoms with Crippen molar-refractivity contribution in [3.8, 4) is 0 Å². The predicted molar refractivity (Wildman–Crippen MR) is 116 cm³/mol. The van der Waals surface area contributed by atoms with Gasteiger partial charge in [0.25, 0.3) is 0 Å². The van der Waals surface area contributed by atoms with Crippen molar-refractivity contribution in [1.29, 1.82) is 0 Å². The van der Waals surface area contributed by atoms with Crippen LogP contribution in [0.1, 0.15) is 35.6 Å². The van der Waals surface area contributed by atoms with Crippen molar-refractivity contribution in [2.75, 3.05) is 22.9 Å². The van der Waals surface area contributed by atoms with Gasteiger partial charge in [-0.25, -0.2) is 0 Å². The highest BCUT2D eigenvalue weighted by molar-refractivity contribution is 6.01. The summed E-state index contributed by atoms with van der Waals surface area (Å²) in [7, 11) is 0. The molecule has 156 valence electrons. The molecule has 0 aliphatic carbocycles. The van der Waals surface area contributed by atoms with Gasteiger partial charge in [0.1, 0.15) is 0 Å². The molecule has 2 aliphatic rings. The Morgan fingerprint density at radius 1 is 1.10 bits per heavy atom. The van der Waals surface area contributed by atoms with Crippen molar-refractivity contribution in [1.82, 2.24) is 5.32 Å². The van der Waals surface area contributed by atoms with Gasteiger partial charge in [-0.05, 0) is 60.7 Å². The van der Waals surface area contributed by atoms with Crippen LogP contribution in [0.4, 0.5) is 11.4 Å². The van der Waals surface area contributed by atoms with Gasteiger partial charge in [-0.3, -0.25) is 14.4 Å². The highest BCUT2D eigenvalue weighted by atomic mass is 16.2. The third-order valence-electron chi connectivity index (χ3n) is 6.18. The smallest absolute Gasteiger partial charge is 0.227 e. The molecule has 1 unspecified atom stereocenters. The second-order valence-electron chi connectivity index (χ2n) is 8.28. The van der Waals surface area contributed by atoms with Crippen molar-refractivity contribution in [3.05, 3.63) is 58.7 Å². The van der Waals surface area contributed by atoms with Gasteiger partial charge in [-0.1, -0.05) is 18.2 Å². The van der Waals surface area contributed by atoms with E-state index < -0.39 is 0 Å². The number of carbonyl (C=O) groups excluding carboxylic acids is 3. The lowest BCUT2D eigenvalue weighted by molar-refractivity contribution is -0.126. The molecule has 2 aromatic rings. The zero-order valence-electron chi connectivity index (χ0n) is 17.7. The molecular formula is C24H27N3O3. The summed E-state index contributed by atoms with van der Waals surface area (Å²) in [5, 5.41) is 2.98. The Morgan fingerprint density at radius 3 is 2.63 bits per heavy atom. The van der Waals surface area contributed by atoms with Gasteiger partial charge in [0, 0.05) is 44.4 Å². The number of aryl methyl sites for hydroxylation is 2. The minimum absolute atomic E-state index is 0.0271. The van der Waals surface area contributed by atoms with Crippen LogP contribution in [0.3, 0.4) is 0 Å². The van der Waals surface area contributed by atoms with E-state index in [4.69, 9.17) is 0 Å². The maximum Gasteiger partial charge on any atom is 0.227 e. The Kier molecular flexibility index (Phi) is 5.33. The number of hydrogen-bond donors (Lipinski definition) is 1. The monoisotopic (exact) mass is 405 g/mol. The number of hydrogen-bond acceptors (Lipinski definition) is 3. The topological polar surface area (TPSA) is 69.7 Å². The van der Waals surface area contributed by atoms with E-state index in [1.165, 1.54) is 11.1 Å². The van der Waals surface area contributed by atoms with E-state index in [1.54, 1.807) is 16.7 Å². The molecule has 2 aliphatic heterocycles. The number of nitrogens with one attached hydrogen (secondary N) is 1. The lowest BCUT2D eigenvalue weighted by atomic mass is 10.1. The molecule has 0 bridgehead atoms. The number of rotatable bonds is 4. The number of anilines is 2. The molecule has 30 heavy (non-hydrogen) atoms. The average molecular weight is 405 g/mol. The number of amides is 3. The van der Waals surface area contributed by atoms with Crippen molar-refractivity contribution >= 4 is 29.1 Å². The highest BCUT2D eigenvalue weighted by Gasteiger charge is 2.35. The first-order valence-electron chi connectivity index (χ1n) is 10.4. The van der Waals surface area contributed by atoms with Crippen LogP contribution >= 0.6 is 0 Å². The predicted octanol–water partition coefficient (Wildman–Crippen LogP) is 2.88. The van der Waals surface area contributed by atoms with Gasteiger partial charge in [0.15, 0.2) is 0 Å². The Morgan fingerprint density at radius 2 is 1.90 bits per heavy atom. The number of nitrogens with zero attached hydrogens (tertiary/aromatic N) is 2. The van der Waals surface area contributed by atoms with E-state index in [0.717, 1.165) is 28.9 Å². The van der Waals surface area contributed by atoms with Crippen LogP contribution < -0.4 is 15.1 Å². The molecule has 6 nitrogen and oxygen atoms in total. The molecule has 0 saturated carbocycles. The van der Waals surface area contributed by atoms with E-state index in [9.17, 15) is 14.4 Å². The fourth-order valence-corrected chi connectivity index (χ4v) is 4.26. The third kappa shape index (κ3) is 3.82. The maximum atomic E-state index is 12.7. The lowest BCUT2D eigenvalue weighted by Crippen LogP contribution is -2.32. The summed E-state index contributed by atoms with van der Waals surface area (Å²) in [6, 6.07) is 11.9. The van der Waals surface area contributed by atoms with Crippen LogP contribution in [0.5, 0.6) is 0 Å². The van der Waals surface area contributed by atoms with E-state index in [1.807, 2.05) is 24.3 Å². The van der Waals surface area contributed by atoms with E-state index in [2.05, 4.69) is 31.3 Å². The van der Waals surface area contributed by atoms with Crippen molar-refractivity contribution in [3.63, 3.8) is 0 Å². The normalized spacial score (nSPS) is 18.0. The van der Waals surface area contributed by atoms with E-state index >= 15 is 0 Å². The SMILES string of the molecule is CC(=O)N1CCc2cc(N3CC(C(=O)NCc4ccc(C)c(C)c4)CC3=O)ccc21. The molecule has 0 radical (unpaired) electrons. The Bertz CT molecular complexity index is 1030. The van der Waals surface area contributed by atoms with Gasteiger partial charge in [-0.15, -0.1) is 0 Å². The number of benzene rings is 2. The van der Waals surface area contributed by atoms with Crippen LogP contribution in [-0.4, -0.2) is 30.8 Å². The van der Waals surface area contributed by atoms with Crippen LogP contribution in [0.2, 0.25) is 0 Å². The van der Waals surface area contributed by atoms with Crippen LogP contribution in [0.15, 0.2) is 36.4 Å². The second kappa shape index (κ2) is 7.94. The summed E-state index contributed by atoms with van der Waals surface area (Å²) in [5.74, 6) is -0.457. The van der Waals surface area contributed by atoms with Gasteiger partial charge < -0.3 is 15.1 Å². The molecule has 2 aromatic carbocycles. The Labute approximate surface area is 176 Å². The van der Waals surface area contributed by atoms with Gasteiger partial charge in [-0.2, -0.15) is 0 Å². The summed E-state index contributed by atoms with van der Waals surface area (Å²) in [6.45, 7) is 7.20. The first kappa shape index (κ1) is 20.1. The highest BCUT2D eigenvalue weighted by Crippen LogP contribution is 2.34. The maximum absolute atomic E-state index is 12.7. The van der Waals surface area contributed by atoms with Crippen LogP contribution in [0.25, 0.3) is 0 Å². The zero-order chi connectivity index (χ0) is 21.4.